The Bertz CT molecular complexity index is 1130. The second-order valence-corrected chi connectivity index (χ2v) is 10.0. The molecule has 1 aliphatic rings. The van der Waals surface area contributed by atoms with E-state index in [9.17, 15) is 4.79 Å². The lowest BCUT2D eigenvalue weighted by Gasteiger charge is -2.22. The van der Waals surface area contributed by atoms with Gasteiger partial charge in [-0.05, 0) is 94.2 Å². The zero-order valence-corrected chi connectivity index (χ0v) is 22.8. The molecule has 2 heterocycles. The molecule has 1 fully saturated rings. The molecule has 0 unspecified atom stereocenters. The van der Waals surface area contributed by atoms with Crippen molar-refractivity contribution >= 4 is 28.6 Å². The van der Waals surface area contributed by atoms with Crippen LogP contribution in [0, 0.1) is 0 Å². The first-order chi connectivity index (χ1) is 18.1. The van der Waals surface area contributed by atoms with Gasteiger partial charge < -0.3 is 24.4 Å². The second-order valence-electron chi connectivity index (χ2n) is 10.0. The number of carbonyl (C=O) groups is 1. The van der Waals surface area contributed by atoms with Gasteiger partial charge in [0.2, 0.25) is 5.95 Å². The Hall–Kier alpha value is -3.06. The number of imidazole rings is 1. The standard InChI is InChI=1S/C30H43N5O2/c1-4-6-20-34(21-7-5-2)29(36)24-11-16-27-28(23-24)35(22-10-19-33-17-8-9-18-33)30(32-27)31-25-12-14-26(37-3)15-13-25/h11-16,23H,4-10,17-22H2,1-3H3,(H,31,32). The number of hydrogen-bond donors (Lipinski definition) is 1. The lowest BCUT2D eigenvalue weighted by molar-refractivity contribution is 0.0751. The van der Waals surface area contributed by atoms with E-state index < -0.39 is 0 Å². The summed E-state index contributed by atoms with van der Waals surface area (Å²) in [6.07, 6.45) is 7.87. The number of ether oxygens (including phenoxy) is 1. The van der Waals surface area contributed by atoms with Crippen LogP contribution in [0.15, 0.2) is 42.5 Å². The van der Waals surface area contributed by atoms with Crippen LogP contribution in [0.4, 0.5) is 11.6 Å². The fourth-order valence-electron chi connectivity index (χ4n) is 5.04. The largest absolute Gasteiger partial charge is 0.497 e. The van der Waals surface area contributed by atoms with Gasteiger partial charge in [-0.1, -0.05) is 26.7 Å². The van der Waals surface area contributed by atoms with Crippen molar-refractivity contribution in [2.24, 2.45) is 0 Å². The molecule has 200 valence electrons. The summed E-state index contributed by atoms with van der Waals surface area (Å²) in [5.74, 6) is 1.75. The summed E-state index contributed by atoms with van der Waals surface area (Å²) in [4.78, 5) is 23.0. The summed E-state index contributed by atoms with van der Waals surface area (Å²) >= 11 is 0. The number of anilines is 2. The van der Waals surface area contributed by atoms with E-state index in [-0.39, 0.29) is 5.91 Å². The van der Waals surface area contributed by atoms with Crippen LogP contribution in [0.2, 0.25) is 0 Å². The molecule has 4 rings (SSSR count). The number of benzene rings is 2. The minimum absolute atomic E-state index is 0.123. The first kappa shape index (κ1) is 27.0. The Labute approximate surface area is 221 Å². The molecule has 2 aromatic carbocycles. The number of aryl methyl sites for hydroxylation is 1. The third kappa shape index (κ3) is 7.04. The van der Waals surface area contributed by atoms with E-state index in [1.165, 1.54) is 25.9 Å². The van der Waals surface area contributed by atoms with Crippen molar-refractivity contribution < 1.29 is 9.53 Å². The van der Waals surface area contributed by atoms with Gasteiger partial charge in [0.05, 0.1) is 18.1 Å². The van der Waals surface area contributed by atoms with Crippen molar-refractivity contribution in [1.82, 2.24) is 19.4 Å². The van der Waals surface area contributed by atoms with Gasteiger partial charge in [0.25, 0.3) is 5.91 Å². The summed E-state index contributed by atoms with van der Waals surface area (Å²) in [5.41, 5.74) is 3.62. The molecule has 3 aromatic rings. The van der Waals surface area contributed by atoms with Gasteiger partial charge in [-0.3, -0.25) is 4.79 Å². The summed E-state index contributed by atoms with van der Waals surface area (Å²) in [7, 11) is 1.67. The topological polar surface area (TPSA) is 62.6 Å². The maximum Gasteiger partial charge on any atom is 0.253 e. The lowest BCUT2D eigenvalue weighted by Crippen LogP contribution is -2.33. The van der Waals surface area contributed by atoms with E-state index >= 15 is 0 Å². The highest BCUT2D eigenvalue weighted by atomic mass is 16.5. The second kappa shape index (κ2) is 13.5. The van der Waals surface area contributed by atoms with E-state index in [1.807, 2.05) is 47.4 Å². The third-order valence-corrected chi connectivity index (χ3v) is 7.25. The average molecular weight is 506 g/mol. The Morgan fingerprint density at radius 1 is 0.973 bits per heavy atom. The zero-order valence-electron chi connectivity index (χ0n) is 22.8. The highest BCUT2D eigenvalue weighted by molar-refractivity contribution is 5.98. The van der Waals surface area contributed by atoms with Gasteiger partial charge in [-0.15, -0.1) is 0 Å². The SMILES string of the molecule is CCCCN(CCCC)C(=O)c1ccc2nc(Nc3ccc(OC)cc3)n(CCCN3CCCC3)c2c1. The quantitative estimate of drug-likeness (QED) is 0.278. The van der Waals surface area contributed by atoms with E-state index in [0.717, 1.165) is 92.3 Å². The fourth-order valence-corrected chi connectivity index (χ4v) is 5.04. The molecule has 0 saturated carbocycles. The van der Waals surface area contributed by atoms with Gasteiger partial charge >= 0.3 is 0 Å². The van der Waals surface area contributed by atoms with Crippen LogP contribution in [0.25, 0.3) is 11.0 Å². The van der Waals surface area contributed by atoms with Crippen LogP contribution < -0.4 is 10.1 Å². The Kier molecular flexibility index (Phi) is 9.83. The maximum atomic E-state index is 13.5. The highest BCUT2D eigenvalue weighted by Gasteiger charge is 2.19. The Morgan fingerprint density at radius 2 is 1.68 bits per heavy atom. The molecule has 1 saturated heterocycles. The number of aromatic nitrogens is 2. The van der Waals surface area contributed by atoms with Crippen LogP contribution in [-0.4, -0.2) is 65.1 Å². The van der Waals surface area contributed by atoms with Gasteiger partial charge in [0, 0.05) is 30.9 Å². The molecule has 0 atom stereocenters. The third-order valence-electron chi connectivity index (χ3n) is 7.25. The molecule has 1 aliphatic heterocycles. The Balaban J connectivity index is 1.61. The number of hydrogen-bond acceptors (Lipinski definition) is 5. The normalized spacial score (nSPS) is 13.8. The fraction of sp³-hybridized carbons (Fsp3) is 0.533. The van der Waals surface area contributed by atoms with Crippen LogP contribution in [0.3, 0.4) is 0 Å². The predicted molar refractivity (Wildman–Crippen MR) is 152 cm³/mol. The smallest absolute Gasteiger partial charge is 0.253 e. The van der Waals surface area contributed by atoms with Crippen LogP contribution in [-0.2, 0) is 6.54 Å². The van der Waals surface area contributed by atoms with Crippen molar-refractivity contribution in [2.75, 3.05) is 45.2 Å². The zero-order chi connectivity index (χ0) is 26.0. The number of rotatable bonds is 14. The summed E-state index contributed by atoms with van der Waals surface area (Å²) in [5, 5.41) is 3.51. The first-order valence-electron chi connectivity index (χ1n) is 14.1. The molecule has 0 aliphatic carbocycles. The molecular formula is C30H43N5O2. The minimum atomic E-state index is 0.123. The van der Waals surface area contributed by atoms with Crippen molar-refractivity contribution in [3.63, 3.8) is 0 Å². The number of unbranched alkanes of at least 4 members (excludes halogenated alkanes) is 2. The van der Waals surface area contributed by atoms with Gasteiger partial charge in [0.15, 0.2) is 0 Å². The van der Waals surface area contributed by atoms with Crippen molar-refractivity contribution in [3.05, 3.63) is 48.0 Å². The Morgan fingerprint density at radius 3 is 2.32 bits per heavy atom. The summed E-state index contributed by atoms with van der Waals surface area (Å²) in [6, 6.07) is 13.9. The number of likely N-dealkylation sites (tertiary alicyclic amines) is 1. The minimum Gasteiger partial charge on any atom is -0.497 e. The average Bonchev–Trinajstić information content (AvgIpc) is 3.56. The van der Waals surface area contributed by atoms with E-state index in [2.05, 4.69) is 28.6 Å². The highest BCUT2D eigenvalue weighted by Crippen LogP contribution is 2.26. The number of fused-ring (bicyclic) bond motifs is 1. The van der Waals surface area contributed by atoms with Gasteiger partial charge in [-0.2, -0.15) is 0 Å². The molecule has 0 bridgehead atoms. The molecule has 7 heteroatoms. The molecule has 7 nitrogen and oxygen atoms in total. The van der Waals surface area contributed by atoms with E-state index in [0.29, 0.717) is 0 Å². The molecule has 1 N–H and O–H groups in total. The lowest BCUT2D eigenvalue weighted by atomic mass is 10.1. The van der Waals surface area contributed by atoms with Crippen LogP contribution in [0.5, 0.6) is 5.75 Å². The van der Waals surface area contributed by atoms with Gasteiger partial charge in [-0.25, -0.2) is 4.98 Å². The summed E-state index contributed by atoms with van der Waals surface area (Å²) < 4.78 is 7.55. The predicted octanol–water partition coefficient (Wildman–Crippen LogP) is 6.32. The number of methoxy groups -OCH3 is 1. The van der Waals surface area contributed by atoms with Crippen LogP contribution in [0.1, 0.15) is 69.2 Å². The number of nitrogens with one attached hydrogen (secondary N) is 1. The number of amides is 1. The number of carbonyl (C=O) groups excluding carboxylic acids is 1. The van der Waals surface area contributed by atoms with E-state index in [4.69, 9.17) is 9.72 Å². The van der Waals surface area contributed by atoms with Crippen molar-refractivity contribution in [1.29, 1.82) is 0 Å². The first-order valence-corrected chi connectivity index (χ1v) is 14.1. The molecule has 0 radical (unpaired) electrons. The molecule has 37 heavy (non-hydrogen) atoms. The monoisotopic (exact) mass is 505 g/mol. The van der Waals surface area contributed by atoms with Crippen molar-refractivity contribution in [2.45, 2.75) is 65.3 Å². The van der Waals surface area contributed by atoms with Crippen molar-refractivity contribution in [3.8, 4) is 5.75 Å². The number of nitrogens with zero attached hydrogens (tertiary/aromatic N) is 4. The molecule has 0 spiro atoms. The maximum absolute atomic E-state index is 13.5. The molecule has 1 aromatic heterocycles. The van der Waals surface area contributed by atoms with Gasteiger partial charge in [0.1, 0.15) is 5.75 Å². The molecule has 1 amide bonds. The van der Waals surface area contributed by atoms with E-state index in [1.54, 1.807) is 7.11 Å². The summed E-state index contributed by atoms with van der Waals surface area (Å²) in [6.45, 7) is 10.3. The van der Waals surface area contributed by atoms with Crippen LogP contribution >= 0.6 is 0 Å². The molecular weight excluding hydrogens is 462 g/mol.